The third kappa shape index (κ3) is 2.81. The Morgan fingerprint density at radius 1 is 1.32 bits per heavy atom. The molecule has 1 aliphatic rings. The van der Waals surface area contributed by atoms with E-state index >= 15 is 0 Å². The molecule has 1 atom stereocenters. The van der Waals surface area contributed by atoms with E-state index in [4.69, 9.17) is 16.3 Å². The van der Waals surface area contributed by atoms with Crippen molar-refractivity contribution < 1.29 is 9.53 Å². The van der Waals surface area contributed by atoms with Crippen LogP contribution >= 0.6 is 11.6 Å². The Bertz CT molecular complexity index is 714. The predicted octanol–water partition coefficient (Wildman–Crippen LogP) is 4.01. The van der Waals surface area contributed by atoms with Crippen LogP contribution in [0, 0.1) is 6.92 Å². The monoisotopic (exact) mass is 315 g/mol. The number of halogens is 1. The number of nitrogens with zero attached hydrogens (tertiary/aromatic N) is 1. The van der Waals surface area contributed by atoms with Crippen LogP contribution in [-0.4, -0.2) is 18.6 Å². The van der Waals surface area contributed by atoms with Gasteiger partial charge in [-0.25, -0.2) is 0 Å². The maximum absolute atomic E-state index is 12.5. The van der Waals surface area contributed by atoms with E-state index in [1.165, 1.54) is 5.56 Å². The minimum atomic E-state index is -0.0231. The van der Waals surface area contributed by atoms with Gasteiger partial charge < -0.3 is 9.64 Å². The molecule has 0 bridgehead atoms. The van der Waals surface area contributed by atoms with Crippen molar-refractivity contribution in [2.24, 2.45) is 0 Å². The molecule has 2 aromatic carbocycles. The molecule has 0 saturated carbocycles. The lowest BCUT2D eigenvalue weighted by Crippen LogP contribution is -2.39. The van der Waals surface area contributed by atoms with E-state index in [1.807, 2.05) is 36.1 Å². The second kappa shape index (κ2) is 6.01. The number of carbonyl (C=O) groups is 1. The summed E-state index contributed by atoms with van der Waals surface area (Å²) in [5, 5.41) is 0.695. The SMILES string of the molecule is Cc1cc(OCC(=O)N2c3ccccc3CC2C)ccc1Cl. The number of hydrogen-bond acceptors (Lipinski definition) is 2. The number of fused-ring (bicyclic) bond motifs is 1. The van der Waals surface area contributed by atoms with Gasteiger partial charge in [-0.2, -0.15) is 0 Å². The van der Waals surface area contributed by atoms with Crippen LogP contribution in [0.1, 0.15) is 18.1 Å². The van der Waals surface area contributed by atoms with Gasteiger partial charge in [0.25, 0.3) is 5.91 Å². The van der Waals surface area contributed by atoms with Crippen LogP contribution in [0.4, 0.5) is 5.69 Å². The molecule has 2 aromatic rings. The van der Waals surface area contributed by atoms with Gasteiger partial charge in [0, 0.05) is 16.8 Å². The standard InChI is InChI=1S/C18H18ClNO2/c1-12-9-15(7-8-16(12)19)22-11-18(21)20-13(2)10-14-5-3-4-6-17(14)20/h3-9,13H,10-11H2,1-2H3. The van der Waals surface area contributed by atoms with Crippen LogP contribution in [0.15, 0.2) is 42.5 Å². The molecule has 0 aliphatic carbocycles. The van der Waals surface area contributed by atoms with E-state index in [2.05, 4.69) is 13.0 Å². The Labute approximate surface area is 135 Å². The Balaban J connectivity index is 1.71. The molecule has 3 rings (SSSR count). The molecule has 0 radical (unpaired) electrons. The van der Waals surface area contributed by atoms with Gasteiger partial charge in [-0.05, 0) is 55.7 Å². The highest BCUT2D eigenvalue weighted by molar-refractivity contribution is 6.31. The van der Waals surface area contributed by atoms with E-state index < -0.39 is 0 Å². The summed E-state index contributed by atoms with van der Waals surface area (Å²) in [6.45, 7) is 4.00. The van der Waals surface area contributed by atoms with Gasteiger partial charge >= 0.3 is 0 Å². The second-order valence-corrected chi connectivity index (χ2v) is 6.05. The van der Waals surface area contributed by atoms with Gasteiger partial charge in [0.05, 0.1) is 0 Å². The number of aryl methyl sites for hydroxylation is 1. The van der Waals surface area contributed by atoms with Gasteiger partial charge in [-0.15, -0.1) is 0 Å². The summed E-state index contributed by atoms with van der Waals surface area (Å²) in [6, 6.07) is 13.6. The first-order valence-electron chi connectivity index (χ1n) is 7.35. The van der Waals surface area contributed by atoms with E-state index in [0.717, 1.165) is 17.7 Å². The molecule has 1 heterocycles. The average molecular weight is 316 g/mol. The fraction of sp³-hybridized carbons (Fsp3) is 0.278. The number of amides is 1. The minimum absolute atomic E-state index is 0.0231. The van der Waals surface area contributed by atoms with Crippen molar-refractivity contribution in [2.75, 3.05) is 11.5 Å². The number of rotatable bonds is 3. The first-order valence-corrected chi connectivity index (χ1v) is 7.73. The molecule has 0 spiro atoms. The largest absolute Gasteiger partial charge is 0.484 e. The maximum atomic E-state index is 12.5. The number of anilines is 1. The summed E-state index contributed by atoms with van der Waals surface area (Å²) in [6.07, 6.45) is 0.891. The Hall–Kier alpha value is -2.00. The zero-order valence-corrected chi connectivity index (χ0v) is 13.4. The molecule has 1 amide bonds. The van der Waals surface area contributed by atoms with Crippen LogP contribution in [0.5, 0.6) is 5.75 Å². The summed E-state index contributed by atoms with van der Waals surface area (Å²) in [5.74, 6) is 0.639. The van der Waals surface area contributed by atoms with Gasteiger partial charge in [0.1, 0.15) is 5.75 Å². The number of para-hydroxylation sites is 1. The minimum Gasteiger partial charge on any atom is -0.484 e. The highest BCUT2D eigenvalue weighted by atomic mass is 35.5. The smallest absolute Gasteiger partial charge is 0.265 e. The molecule has 22 heavy (non-hydrogen) atoms. The van der Waals surface area contributed by atoms with Crippen molar-refractivity contribution >= 4 is 23.2 Å². The molecular formula is C18H18ClNO2. The van der Waals surface area contributed by atoms with Gasteiger partial charge in [-0.1, -0.05) is 29.8 Å². The topological polar surface area (TPSA) is 29.5 Å². The van der Waals surface area contributed by atoms with E-state index in [0.29, 0.717) is 10.8 Å². The molecule has 1 unspecified atom stereocenters. The van der Waals surface area contributed by atoms with Gasteiger partial charge in [0.15, 0.2) is 6.61 Å². The van der Waals surface area contributed by atoms with Crippen LogP contribution in [0.3, 0.4) is 0 Å². The third-order valence-electron chi connectivity index (χ3n) is 3.97. The van der Waals surface area contributed by atoms with Crippen LogP contribution in [-0.2, 0) is 11.2 Å². The summed E-state index contributed by atoms with van der Waals surface area (Å²) in [7, 11) is 0. The van der Waals surface area contributed by atoms with Crippen molar-refractivity contribution in [3.05, 3.63) is 58.6 Å². The number of carbonyl (C=O) groups excluding carboxylic acids is 1. The molecule has 0 N–H and O–H groups in total. The van der Waals surface area contributed by atoms with E-state index in [9.17, 15) is 4.79 Å². The molecule has 0 aromatic heterocycles. The van der Waals surface area contributed by atoms with Gasteiger partial charge in [-0.3, -0.25) is 4.79 Å². The zero-order chi connectivity index (χ0) is 15.7. The molecule has 114 valence electrons. The first kappa shape index (κ1) is 14.9. The average Bonchev–Trinajstić information content (AvgIpc) is 2.84. The van der Waals surface area contributed by atoms with Crippen LogP contribution < -0.4 is 9.64 Å². The van der Waals surface area contributed by atoms with E-state index in [1.54, 1.807) is 12.1 Å². The van der Waals surface area contributed by atoms with E-state index in [-0.39, 0.29) is 18.6 Å². The Morgan fingerprint density at radius 3 is 2.86 bits per heavy atom. The molecular weight excluding hydrogens is 298 g/mol. The lowest BCUT2D eigenvalue weighted by molar-refractivity contribution is -0.120. The molecule has 3 nitrogen and oxygen atoms in total. The third-order valence-corrected chi connectivity index (χ3v) is 4.39. The summed E-state index contributed by atoms with van der Waals surface area (Å²) in [4.78, 5) is 14.3. The maximum Gasteiger partial charge on any atom is 0.265 e. The highest BCUT2D eigenvalue weighted by Gasteiger charge is 2.30. The summed E-state index contributed by atoms with van der Waals surface area (Å²) >= 11 is 5.99. The number of ether oxygens (including phenoxy) is 1. The van der Waals surface area contributed by atoms with Crippen molar-refractivity contribution in [3.8, 4) is 5.75 Å². The fourth-order valence-corrected chi connectivity index (χ4v) is 2.98. The number of benzene rings is 2. The van der Waals surface area contributed by atoms with Crippen molar-refractivity contribution in [1.82, 2.24) is 0 Å². The summed E-state index contributed by atoms with van der Waals surface area (Å²) < 4.78 is 5.63. The van der Waals surface area contributed by atoms with Crippen molar-refractivity contribution in [1.29, 1.82) is 0 Å². The lowest BCUT2D eigenvalue weighted by atomic mass is 10.1. The molecule has 0 fully saturated rings. The second-order valence-electron chi connectivity index (χ2n) is 5.65. The normalized spacial score (nSPS) is 16.5. The van der Waals surface area contributed by atoms with Gasteiger partial charge in [0.2, 0.25) is 0 Å². The molecule has 1 aliphatic heterocycles. The molecule has 4 heteroatoms. The highest BCUT2D eigenvalue weighted by Crippen LogP contribution is 2.32. The fourth-order valence-electron chi connectivity index (χ4n) is 2.87. The Morgan fingerprint density at radius 2 is 2.09 bits per heavy atom. The Kier molecular flexibility index (Phi) is 4.08. The van der Waals surface area contributed by atoms with Crippen LogP contribution in [0.2, 0.25) is 5.02 Å². The van der Waals surface area contributed by atoms with Crippen molar-refractivity contribution in [3.63, 3.8) is 0 Å². The summed E-state index contributed by atoms with van der Waals surface area (Å²) in [5.41, 5.74) is 3.15. The first-order chi connectivity index (χ1) is 10.6. The number of hydrogen-bond donors (Lipinski definition) is 0. The quantitative estimate of drug-likeness (QED) is 0.856. The zero-order valence-electron chi connectivity index (χ0n) is 12.7. The van der Waals surface area contributed by atoms with Crippen LogP contribution in [0.25, 0.3) is 0 Å². The van der Waals surface area contributed by atoms with Crippen molar-refractivity contribution in [2.45, 2.75) is 26.3 Å². The predicted molar refractivity (Wildman–Crippen MR) is 88.8 cm³/mol. The lowest BCUT2D eigenvalue weighted by Gasteiger charge is -2.22. The molecule has 0 saturated heterocycles.